The number of aromatic nitrogens is 2. The van der Waals surface area contributed by atoms with Gasteiger partial charge in [-0.25, -0.2) is 4.98 Å². The number of imidazole rings is 1. The molecule has 1 unspecified atom stereocenters. The van der Waals surface area contributed by atoms with Crippen molar-refractivity contribution in [3.63, 3.8) is 0 Å². The van der Waals surface area contributed by atoms with Crippen LogP contribution in [0.3, 0.4) is 0 Å². The van der Waals surface area contributed by atoms with E-state index in [-0.39, 0.29) is 30.5 Å². The Morgan fingerprint density at radius 2 is 2.07 bits per heavy atom. The van der Waals surface area contributed by atoms with Gasteiger partial charge in [0.25, 0.3) is 0 Å². The number of carbonyl (C=O) groups excluding carboxylic acids is 1. The zero-order valence-corrected chi connectivity index (χ0v) is 15.8. The molecule has 0 aliphatic heterocycles. The molecule has 0 fully saturated rings. The summed E-state index contributed by atoms with van der Waals surface area (Å²) in [5.41, 5.74) is 1.26. The maximum atomic E-state index is 13.1. The van der Waals surface area contributed by atoms with Gasteiger partial charge in [-0.3, -0.25) is 4.79 Å². The molecule has 3 aromatic rings. The number of hydrogen-bond acceptors (Lipinski definition) is 4. The summed E-state index contributed by atoms with van der Waals surface area (Å²) < 4.78 is 45.7. The first-order valence-electron chi connectivity index (χ1n) is 8.83. The number of aliphatic hydroxyl groups is 1. The van der Waals surface area contributed by atoms with E-state index in [1.165, 1.54) is 19.5 Å². The molecule has 1 amide bonds. The van der Waals surface area contributed by atoms with Crippen LogP contribution in [0.5, 0.6) is 5.75 Å². The molecule has 0 aliphatic rings. The molecule has 0 saturated heterocycles. The lowest BCUT2D eigenvalue weighted by atomic mass is 10.0. The Bertz CT molecular complexity index is 1030. The van der Waals surface area contributed by atoms with Crippen LogP contribution >= 0.6 is 0 Å². The highest BCUT2D eigenvalue weighted by Crippen LogP contribution is 2.34. The fourth-order valence-corrected chi connectivity index (χ4v) is 3.08. The van der Waals surface area contributed by atoms with E-state index in [0.29, 0.717) is 11.0 Å². The van der Waals surface area contributed by atoms with Crippen molar-refractivity contribution < 1.29 is 27.8 Å². The molecule has 0 aliphatic carbocycles. The topological polar surface area (TPSA) is 76.4 Å². The third-order valence-corrected chi connectivity index (χ3v) is 4.54. The summed E-state index contributed by atoms with van der Waals surface area (Å²) in [4.78, 5) is 16.8. The number of para-hydroxylation sites is 1. The number of hydrogen-bond donors (Lipinski definition) is 2. The first-order valence-corrected chi connectivity index (χ1v) is 8.83. The van der Waals surface area contributed by atoms with Crippen molar-refractivity contribution in [2.75, 3.05) is 19.0 Å². The van der Waals surface area contributed by atoms with Gasteiger partial charge in [-0.1, -0.05) is 19.1 Å². The summed E-state index contributed by atoms with van der Waals surface area (Å²) in [7, 11) is 1.25. The van der Waals surface area contributed by atoms with E-state index in [1.54, 1.807) is 10.6 Å². The van der Waals surface area contributed by atoms with Gasteiger partial charge in [0.05, 0.1) is 30.0 Å². The second kappa shape index (κ2) is 8.12. The fraction of sp³-hybridized carbons (Fsp3) is 0.300. The highest BCUT2D eigenvalue weighted by atomic mass is 19.4. The standard InChI is InChI=1S/C20H20F3N3O3/c1-12(10-27)16-4-3-5-17-19(16)26(11-24-17)9-18(28)25-14-6-13(20(21,22)23)7-15(8-14)29-2/h3-8,11-12,27H,9-10H2,1-2H3,(H,25,28). The number of nitrogens with zero attached hydrogens (tertiary/aromatic N) is 2. The van der Waals surface area contributed by atoms with Crippen LogP contribution in [0.1, 0.15) is 24.0 Å². The Balaban J connectivity index is 1.87. The second-order valence-corrected chi connectivity index (χ2v) is 6.67. The zero-order valence-electron chi connectivity index (χ0n) is 15.8. The summed E-state index contributed by atoms with van der Waals surface area (Å²) in [6.45, 7) is 1.63. The molecule has 2 aromatic carbocycles. The number of anilines is 1. The van der Waals surface area contributed by atoms with Gasteiger partial charge < -0.3 is 19.7 Å². The number of halogens is 3. The first-order chi connectivity index (χ1) is 13.7. The van der Waals surface area contributed by atoms with E-state index in [9.17, 15) is 23.1 Å². The monoisotopic (exact) mass is 407 g/mol. The van der Waals surface area contributed by atoms with Crippen molar-refractivity contribution in [3.05, 3.63) is 53.9 Å². The lowest BCUT2D eigenvalue weighted by Gasteiger charge is -2.14. The van der Waals surface area contributed by atoms with Crippen molar-refractivity contribution in [2.24, 2.45) is 0 Å². The van der Waals surface area contributed by atoms with Crippen LogP contribution in [-0.4, -0.2) is 34.3 Å². The number of rotatable bonds is 6. The summed E-state index contributed by atoms with van der Waals surface area (Å²) in [5, 5.41) is 12.0. The van der Waals surface area contributed by atoms with E-state index in [2.05, 4.69) is 10.3 Å². The largest absolute Gasteiger partial charge is 0.497 e. The number of methoxy groups -OCH3 is 1. The minimum atomic E-state index is -4.57. The summed E-state index contributed by atoms with van der Waals surface area (Å²) in [6, 6.07) is 8.48. The van der Waals surface area contributed by atoms with E-state index in [4.69, 9.17) is 4.74 Å². The summed E-state index contributed by atoms with van der Waals surface area (Å²) >= 11 is 0. The molecule has 2 N–H and O–H groups in total. The highest BCUT2D eigenvalue weighted by molar-refractivity contribution is 5.92. The summed E-state index contributed by atoms with van der Waals surface area (Å²) in [5.74, 6) is -0.690. The van der Waals surface area contributed by atoms with Crippen LogP contribution in [0.2, 0.25) is 0 Å². The molecule has 6 nitrogen and oxygen atoms in total. The van der Waals surface area contributed by atoms with Crippen molar-refractivity contribution in [1.82, 2.24) is 9.55 Å². The van der Waals surface area contributed by atoms with E-state index < -0.39 is 17.6 Å². The average Bonchev–Trinajstić information content (AvgIpc) is 3.09. The van der Waals surface area contributed by atoms with Crippen molar-refractivity contribution >= 4 is 22.6 Å². The minimum absolute atomic E-state index is 0.0118. The molecule has 1 atom stereocenters. The van der Waals surface area contributed by atoms with Gasteiger partial charge in [-0.2, -0.15) is 13.2 Å². The van der Waals surface area contributed by atoms with Crippen molar-refractivity contribution in [2.45, 2.75) is 25.6 Å². The average molecular weight is 407 g/mol. The number of benzene rings is 2. The molecular formula is C20H20F3N3O3. The molecule has 1 heterocycles. The van der Waals surface area contributed by atoms with Crippen LogP contribution in [0.25, 0.3) is 11.0 Å². The quantitative estimate of drug-likeness (QED) is 0.652. The van der Waals surface area contributed by atoms with Gasteiger partial charge >= 0.3 is 6.18 Å². The van der Waals surface area contributed by atoms with E-state index in [1.807, 2.05) is 19.1 Å². The predicted octanol–water partition coefficient (Wildman–Crippen LogP) is 3.80. The normalized spacial score (nSPS) is 12.8. The van der Waals surface area contributed by atoms with Crippen LogP contribution in [-0.2, 0) is 17.5 Å². The molecule has 154 valence electrons. The third kappa shape index (κ3) is 4.51. The van der Waals surface area contributed by atoms with Crippen LogP contribution in [0.15, 0.2) is 42.7 Å². The van der Waals surface area contributed by atoms with Crippen LogP contribution < -0.4 is 10.1 Å². The number of alkyl halides is 3. The third-order valence-electron chi connectivity index (χ3n) is 4.54. The molecule has 3 rings (SSSR count). The Morgan fingerprint density at radius 3 is 2.72 bits per heavy atom. The minimum Gasteiger partial charge on any atom is -0.497 e. The SMILES string of the molecule is COc1cc(NC(=O)Cn2cnc3cccc(C(C)CO)c32)cc(C(F)(F)F)c1. The Hall–Kier alpha value is -3.07. The zero-order chi connectivity index (χ0) is 21.2. The van der Waals surface area contributed by atoms with Gasteiger partial charge in [0, 0.05) is 24.3 Å². The van der Waals surface area contributed by atoms with Crippen molar-refractivity contribution in [3.8, 4) is 5.75 Å². The molecule has 9 heteroatoms. The van der Waals surface area contributed by atoms with E-state index >= 15 is 0 Å². The van der Waals surface area contributed by atoms with Gasteiger partial charge in [-0.15, -0.1) is 0 Å². The maximum absolute atomic E-state index is 13.1. The molecule has 0 spiro atoms. The van der Waals surface area contributed by atoms with Gasteiger partial charge in [-0.05, 0) is 23.8 Å². The van der Waals surface area contributed by atoms with Crippen LogP contribution in [0, 0.1) is 0 Å². The van der Waals surface area contributed by atoms with E-state index in [0.717, 1.165) is 17.7 Å². The first kappa shape index (κ1) is 20.7. The van der Waals surface area contributed by atoms with Crippen molar-refractivity contribution in [1.29, 1.82) is 0 Å². The van der Waals surface area contributed by atoms with Gasteiger partial charge in [0.2, 0.25) is 5.91 Å². The Labute approximate surface area is 164 Å². The smallest absolute Gasteiger partial charge is 0.416 e. The molecule has 1 aromatic heterocycles. The number of nitrogens with one attached hydrogen (secondary N) is 1. The van der Waals surface area contributed by atoms with Gasteiger partial charge in [0.1, 0.15) is 12.3 Å². The number of amides is 1. The maximum Gasteiger partial charge on any atom is 0.416 e. The van der Waals surface area contributed by atoms with Crippen LogP contribution in [0.4, 0.5) is 18.9 Å². The summed E-state index contributed by atoms with van der Waals surface area (Å²) in [6.07, 6.45) is -3.07. The fourth-order valence-electron chi connectivity index (χ4n) is 3.08. The molecule has 0 bridgehead atoms. The molecule has 0 radical (unpaired) electrons. The Kier molecular flexibility index (Phi) is 5.78. The lowest BCUT2D eigenvalue weighted by Crippen LogP contribution is -2.19. The lowest BCUT2D eigenvalue weighted by molar-refractivity contribution is -0.137. The number of ether oxygens (including phenoxy) is 1. The molecular weight excluding hydrogens is 387 g/mol. The predicted molar refractivity (Wildman–Crippen MR) is 102 cm³/mol. The highest BCUT2D eigenvalue weighted by Gasteiger charge is 2.31. The molecule has 29 heavy (non-hydrogen) atoms. The Morgan fingerprint density at radius 1 is 1.31 bits per heavy atom. The second-order valence-electron chi connectivity index (χ2n) is 6.67. The number of carbonyl (C=O) groups is 1. The molecule has 0 saturated carbocycles. The van der Waals surface area contributed by atoms with Gasteiger partial charge in [0.15, 0.2) is 0 Å². The number of fused-ring (bicyclic) bond motifs is 1. The number of aliphatic hydroxyl groups excluding tert-OH is 1.